The Morgan fingerprint density at radius 1 is 1.38 bits per heavy atom. The van der Waals surface area contributed by atoms with E-state index >= 15 is 0 Å². The van der Waals surface area contributed by atoms with Gasteiger partial charge in [-0.25, -0.2) is 4.79 Å². The zero-order valence-corrected chi connectivity index (χ0v) is 14.2. The van der Waals surface area contributed by atoms with Crippen molar-refractivity contribution in [2.75, 3.05) is 25.5 Å². The molecule has 0 atom stereocenters. The van der Waals surface area contributed by atoms with Crippen LogP contribution in [0, 0.1) is 10.1 Å². The molecular weight excluding hydrogens is 314 g/mol. The normalized spacial score (nSPS) is 15.2. The van der Waals surface area contributed by atoms with Crippen LogP contribution in [-0.4, -0.2) is 48.3 Å². The number of likely N-dealkylation sites (tertiary alicyclic amines) is 1. The number of benzene rings is 1. The van der Waals surface area contributed by atoms with Gasteiger partial charge in [0, 0.05) is 37.0 Å². The zero-order chi connectivity index (χ0) is 17.7. The van der Waals surface area contributed by atoms with Crippen LogP contribution >= 0.6 is 0 Å². The molecule has 0 bridgehead atoms. The van der Waals surface area contributed by atoms with Gasteiger partial charge >= 0.3 is 11.8 Å². The average Bonchev–Trinajstić information content (AvgIpc) is 2.54. The first kappa shape index (κ1) is 17.8. The summed E-state index contributed by atoms with van der Waals surface area (Å²) in [5.74, 6) is 0.225. The summed E-state index contributed by atoms with van der Waals surface area (Å²) in [5.41, 5.74) is 0.704. The lowest BCUT2D eigenvalue weighted by atomic mass is 10.0. The molecule has 0 aromatic heterocycles. The highest BCUT2D eigenvalue weighted by atomic mass is 16.6. The van der Waals surface area contributed by atoms with Gasteiger partial charge in [0.2, 0.25) is 0 Å². The lowest BCUT2D eigenvalue weighted by molar-refractivity contribution is -0.385. The van der Waals surface area contributed by atoms with Crippen molar-refractivity contribution in [1.82, 2.24) is 4.90 Å². The van der Waals surface area contributed by atoms with Gasteiger partial charge in [0.05, 0.1) is 18.1 Å². The molecule has 0 saturated carbocycles. The lowest BCUT2D eigenvalue weighted by Gasteiger charge is -2.32. The second-order valence-electron chi connectivity index (χ2n) is 5.98. The van der Waals surface area contributed by atoms with Gasteiger partial charge in [0.15, 0.2) is 5.75 Å². The molecule has 8 heteroatoms. The zero-order valence-electron chi connectivity index (χ0n) is 14.2. The van der Waals surface area contributed by atoms with E-state index in [0.29, 0.717) is 13.1 Å². The Labute approximate surface area is 140 Å². The second kappa shape index (κ2) is 7.85. The molecule has 0 spiro atoms. The van der Waals surface area contributed by atoms with E-state index in [-0.39, 0.29) is 29.7 Å². The highest BCUT2D eigenvalue weighted by Gasteiger charge is 2.24. The highest BCUT2D eigenvalue weighted by Crippen LogP contribution is 2.30. The van der Waals surface area contributed by atoms with Crippen LogP contribution in [0.2, 0.25) is 0 Å². The standard InChI is InChI=1S/C16H23N3O5/c1-11(2)24-16(20)18-8-6-12(7-9-18)17-13-4-5-14(19(21)22)15(10-13)23-3/h4-5,10-12,17H,6-9H2,1-3H3. The van der Waals surface area contributed by atoms with Crippen LogP contribution in [0.3, 0.4) is 0 Å². The molecule has 132 valence electrons. The van der Waals surface area contributed by atoms with Gasteiger partial charge < -0.3 is 19.7 Å². The predicted molar refractivity (Wildman–Crippen MR) is 89.5 cm³/mol. The van der Waals surface area contributed by atoms with E-state index < -0.39 is 4.92 Å². The maximum atomic E-state index is 11.9. The van der Waals surface area contributed by atoms with Gasteiger partial charge in [-0.15, -0.1) is 0 Å². The molecule has 1 amide bonds. The average molecular weight is 337 g/mol. The maximum absolute atomic E-state index is 11.9. The molecule has 0 radical (unpaired) electrons. The molecule has 0 unspecified atom stereocenters. The van der Waals surface area contributed by atoms with Gasteiger partial charge in [-0.1, -0.05) is 0 Å². The first-order valence-corrected chi connectivity index (χ1v) is 7.95. The van der Waals surface area contributed by atoms with Crippen LogP contribution < -0.4 is 10.1 Å². The molecule has 1 saturated heterocycles. The number of piperidine rings is 1. The number of carbonyl (C=O) groups is 1. The Bertz CT molecular complexity index is 597. The summed E-state index contributed by atoms with van der Waals surface area (Å²) >= 11 is 0. The summed E-state index contributed by atoms with van der Waals surface area (Å²) in [4.78, 5) is 24.0. The number of rotatable bonds is 5. The fourth-order valence-electron chi connectivity index (χ4n) is 2.64. The van der Waals surface area contributed by atoms with E-state index in [4.69, 9.17) is 9.47 Å². The van der Waals surface area contributed by atoms with Crippen LogP contribution in [0.1, 0.15) is 26.7 Å². The van der Waals surface area contributed by atoms with Crippen molar-refractivity contribution in [3.8, 4) is 5.75 Å². The number of amides is 1. The van der Waals surface area contributed by atoms with Gasteiger partial charge in [0.1, 0.15) is 0 Å². The van der Waals surface area contributed by atoms with Crippen molar-refractivity contribution in [2.45, 2.75) is 38.8 Å². The minimum Gasteiger partial charge on any atom is -0.490 e. The predicted octanol–water partition coefficient (Wildman–Crippen LogP) is 3.02. The Kier molecular flexibility index (Phi) is 5.83. The van der Waals surface area contributed by atoms with E-state index in [1.54, 1.807) is 17.0 Å². The fourth-order valence-corrected chi connectivity index (χ4v) is 2.64. The number of methoxy groups -OCH3 is 1. The molecule has 2 rings (SSSR count). The highest BCUT2D eigenvalue weighted by molar-refractivity contribution is 5.68. The summed E-state index contributed by atoms with van der Waals surface area (Å²) in [6.45, 7) is 4.89. The number of hydrogen-bond donors (Lipinski definition) is 1. The van der Waals surface area contributed by atoms with Gasteiger partial charge in [-0.2, -0.15) is 0 Å². The maximum Gasteiger partial charge on any atom is 0.410 e. The molecule has 24 heavy (non-hydrogen) atoms. The van der Waals surface area contributed by atoms with Crippen LogP contribution in [0.15, 0.2) is 18.2 Å². The first-order valence-electron chi connectivity index (χ1n) is 7.95. The van der Waals surface area contributed by atoms with Crippen molar-refractivity contribution in [2.24, 2.45) is 0 Å². The van der Waals surface area contributed by atoms with E-state index in [2.05, 4.69) is 5.32 Å². The second-order valence-corrected chi connectivity index (χ2v) is 5.98. The Balaban J connectivity index is 1.92. The smallest absolute Gasteiger partial charge is 0.410 e. The van der Waals surface area contributed by atoms with Crippen molar-refractivity contribution >= 4 is 17.5 Å². The largest absolute Gasteiger partial charge is 0.490 e. The number of nitro groups is 1. The van der Waals surface area contributed by atoms with E-state index in [9.17, 15) is 14.9 Å². The Hall–Kier alpha value is -2.51. The topological polar surface area (TPSA) is 93.9 Å². The number of carbonyl (C=O) groups excluding carboxylic acids is 1. The van der Waals surface area contributed by atoms with Crippen LogP contribution in [0.25, 0.3) is 0 Å². The lowest BCUT2D eigenvalue weighted by Crippen LogP contribution is -2.43. The number of nitrogens with zero attached hydrogens (tertiary/aromatic N) is 2. The number of ether oxygens (including phenoxy) is 2. The molecule has 8 nitrogen and oxygen atoms in total. The number of anilines is 1. The van der Waals surface area contributed by atoms with Gasteiger partial charge in [0.25, 0.3) is 0 Å². The Morgan fingerprint density at radius 3 is 2.58 bits per heavy atom. The molecular formula is C16H23N3O5. The number of nitro benzene ring substituents is 1. The minimum atomic E-state index is -0.471. The van der Waals surface area contributed by atoms with E-state index in [1.807, 2.05) is 13.8 Å². The fraction of sp³-hybridized carbons (Fsp3) is 0.562. The molecule has 1 heterocycles. The van der Waals surface area contributed by atoms with Crippen LogP contribution in [0.4, 0.5) is 16.2 Å². The first-order chi connectivity index (χ1) is 11.4. The monoisotopic (exact) mass is 337 g/mol. The molecule has 1 aliphatic heterocycles. The molecule has 1 aromatic carbocycles. The molecule has 1 aromatic rings. The van der Waals surface area contributed by atoms with Crippen LogP contribution in [0.5, 0.6) is 5.75 Å². The third-order valence-corrected chi connectivity index (χ3v) is 3.84. The summed E-state index contributed by atoms with van der Waals surface area (Å²) in [6.07, 6.45) is 1.17. The third kappa shape index (κ3) is 4.50. The van der Waals surface area contributed by atoms with E-state index in [0.717, 1.165) is 18.5 Å². The number of hydrogen-bond acceptors (Lipinski definition) is 6. The van der Waals surface area contributed by atoms with Crippen molar-refractivity contribution < 1.29 is 19.2 Å². The SMILES string of the molecule is COc1cc(NC2CCN(C(=O)OC(C)C)CC2)ccc1[N+](=O)[O-]. The van der Waals surface area contributed by atoms with Gasteiger partial charge in [-0.3, -0.25) is 10.1 Å². The molecule has 0 aliphatic carbocycles. The summed E-state index contributed by atoms with van der Waals surface area (Å²) in [7, 11) is 1.41. The summed E-state index contributed by atoms with van der Waals surface area (Å²) in [5, 5.41) is 14.3. The van der Waals surface area contributed by atoms with Crippen molar-refractivity contribution in [1.29, 1.82) is 0 Å². The third-order valence-electron chi connectivity index (χ3n) is 3.84. The Morgan fingerprint density at radius 2 is 2.04 bits per heavy atom. The van der Waals surface area contributed by atoms with Gasteiger partial charge in [-0.05, 0) is 32.8 Å². The quantitative estimate of drug-likeness (QED) is 0.655. The number of nitrogens with one attached hydrogen (secondary N) is 1. The van der Waals surface area contributed by atoms with Crippen molar-refractivity contribution in [3.05, 3.63) is 28.3 Å². The van der Waals surface area contributed by atoms with Crippen molar-refractivity contribution in [3.63, 3.8) is 0 Å². The summed E-state index contributed by atoms with van der Waals surface area (Å²) < 4.78 is 10.3. The van der Waals surface area contributed by atoms with E-state index in [1.165, 1.54) is 13.2 Å². The minimum absolute atomic E-state index is 0.0608. The molecule has 1 N–H and O–H groups in total. The summed E-state index contributed by atoms with van der Waals surface area (Å²) in [6, 6.07) is 4.91. The van der Waals surface area contributed by atoms with Crippen LogP contribution in [-0.2, 0) is 4.74 Å². The molecule has 1 fully saturated rings. The molecule has 1 aliphatic rings.